The van der Waals surface area contributed by atoms with E-state index in [1.54, 1.807) is 0 Å². The molecule has 1 saturated heterocycles. The van der Waals surface area contributed by atoms with E-state index >= 15 is 0 Å². The van der Waals surface area contributed by atoms with Crippen molar-refractivity contribution < 1.29 is 19.3 Å². The number of nitrogens with zero attached hydrogens (tertiary/aromatic N) is 4. The van der Waals surface area contributed by atoms with Crippen molar-refractivity contribution in [2.24, 2.45) is 0 Å². The lowest BCUT2D eigenvalue weighted by Gasteiger charge is -2.31. The molecule has 3 heterocycles. The minimum absolute atomic E-state index is 0.155. The molecule has 3 atom stereocenters. The Balaban J connectivity index is 2.11. The smallest absolute Gasteiger partial charge is 0.196 e. The first-order valence-electron chi connectivity index (χ1n) is 5.98. The number of aliphatic hydroxyl groups is 2. The molecule has 0 aromatic carbocycles. The van der Waals surface area contributed by atoms with Gasteiger partial charge in [0.2, 0.25) is 0 Å². The van der Waals surface area contributed by atoms with E-state index in [9.17, 15) is 14.6 Å². The molecule has 9 heteroatoms. The number of hydrogen-bond donors (Lipinski definition) is 3. The molecule has 0 unspecified atom stereocenters. The molecule has 0 aliphatic carbocycles. The maximum Gasteiger partial charge on any atom is 0.196 e. The molecule has 0 amide bonds. The van der Waals surface area contributed by atoms with Crippen LogP contribution in [-0.4, -0.2) is 54.3 Å². The fourth-order valence-corrected chi connectivity index (χ4v) is 2.36. The highest BCUT2D eigenvalue weighted by molar-refractivity contribution is 5.59. The van der Waals surface area contributed by atoms with Crippen LogP contribution in [0.25, 0.3) is 5.65 Å². The van der Waals surface area contributed by atoms with E-state index in [0.717, 1.165) is 0 Å². The molecule has 20 heavy (non-hydrogen) atoms. The second kappa shape index (κ2) is 4.08. The van der Waals surface area contributed by atoms with Crippen molar-refractivity contribution >= 4 is 11.5 Å². The molecule has 1 fully saturated rings. The van der Waals surface area contributed by atoms with Crippen LogP contribution in [0.3, 0.4) is 0 Å². The van der Waals surface area contributed by atoms with E-state index in [2.05, 4.69) is 15.1 Å². The zero-order valence-corrected chi connectivity index (χ0v) is 10.7. The van der Waals surface area contributed by atoms with E-state index in [1.165, 1.54) is 24.0 Å². The third-order valence-electron chi connectivity index (χ3n) is 3.78. The summed E-state index contributed by atoms with van der Waals surface area (Å²) < 4.78 is 21.5. The van der Waals surface area contributed by atoms with Gasteiger partial charge in [0.1, 0.15) is 18.0 Å². The molecular weight excluding hydrogens is 269 g/mol. The van der Waals surface area contributed by atoms with E-state index in [1.807, 2.05) is 0 Å². The first-order chi connectivity index (χ1) is 9.40. The van der Waals surface area contributed by atoms with Gasteiger partial charge in [0.25, 0.3) is 0 Å². The van der Waals surface area contributed by atoms with Crippen LogP contribution in [-0.2, 0) is 4.74 Å². The SMILES string of the molecule is C[C@]1(F)[C@H](c2cnc3c(N)ncnn23)OC[C@]1(O)CO. The second-order valence-corrected chi connectivity index (χ2v) is 5.02. The molecule has 108 valence electrons. The summed E-state index contributed by atoms with van der Waals surface area (Å²) in [6.45, 7) is 0.101. The quantitative estimate of drug-likeness (QED) is 0.662. The number of anilines is 1. The number of alkyl halides is 1. The number of nitrogen functional groups attached to an aromatic ring is 1. The monoisotopic (exact) mass is 283 g/mol. The minimum Gasteiger partial charge on any atom is -0.393 e. The van der Waals surface area contributed by atoms with E-state index in [0.29, 0.717) is 5.69 Å². The average Bonchev–Trinajstić information content (AvgIpc) is 2.92. The summed E-state index contributed by atoms with van der Waals surface area (Å²) in [6.07, 6.45) is 1.46. The summed E-state index contributed by atoms with van der Waals surface area (Å²) in [7, 11) is 0. The largest absolute Gasteiger partial charge is 0.393 e. The first-order valence-corrected chi connectivity index (χ1v) is 5.98. The highest BCUT2D eigenvalue weighted by Gasteiger charge is 2.60. The molecule has 1 aliphatic rings. The highest BCUT2D eigenvalue weighted by Crippen LogP contribution is 2.46. The third kappa shape index (κ3) is 1.54. The van der Waals surface area contributed by atoms with Crippen molar-refractivity contribution in [2.45, 2.75) is 24.3 Å². The Hall–Kier alpha value is -1.84. The zero-order valence-electron chi connectivity index (χ0n) is 10.7. The molecular formula is C11H14FN5O3. The molecule has 0 bridgehead atoms. The average molecular weight is 283 g/mol. The number of aliphatic hydroxyl groups excluding tert-OH is 1. The summed E-state index contributed by atoms with van der Waals surface area (Å²) in [5, 5.41) is 23.2. The van der Waals surface area contributed by atoms with Crippen LogP contribution >= 0.6 is 0 Å². The van der Waals surface area contributed by atoms with Gasteiger partial charge in [-0.2, -0.15) is 5.10 Å². The Morgan fingerprint density at radius 1 is 1.60 bits per heavy atom. The van der Waals surface area contributed by atoms with Gasteiger partial charge in [-0.1, -0.05) is 0 Å². The molecule has 0 radical (unpaired) electrons. The fourth-order valence-electron chi connectivity index (χ4n) is 2.36. The van der Waals surface area contributed by atoms with Gasteiger partial charge in [-0.25, -0.2) is 18.9 Å². The van der Waals surface area contributed by atoms with Crippen LogP contribution in [0.2, 0.25) is 0 Å². The van der Waals surface area contributed by atoms with Crippen LogP contribution in [0, 0.1) is 0 Å². The number of rotatable bonds is 2. The van der Waals surface area contributed by atoms with Gasteiger partial charge in [-0.15, -0.1) is 0 Å². The van der Waals surface area contributed by atoms with Crippen molar-refractivity contribution in [2.75, 3.05) is 18.9 Å². The lowest BCUT2D eigenvalue weighted by Crippen LogP contribution is -2.51. The van der Waals surface area contributed by atoms with Gasteiger partial charge in [0.05, 0.1) is 25.1 Å². The van der Waals surface area contributed by atoms with Gasteiger partial charge in [0.15, 0.2) is 17.1 Å². The van der Waals surface area contributed by atoms with Crippen molar-refractivity contribution in [1.82, 2.24) is 19.6 Å². The Bertz CT molecular complexity index is 661. The molecule has 8 nitrogen and oxygen atoms in total. The zero-order chi connectivity index (χ0) is 14.5. The fraction of sp³-hybridized carbons (Fsp3) is 0.545. The predicted molar refractivity (Wildman–Crippen MR) is 65.4 cm³/mol. The summed E-state index contributed by atoms with van der Waals surface area (Å²) in [5.74, 6) is 0.155. The summed E-state index contributed by atoms with van der Waals surface area (Å²) in [4.78, 5) is 7.81. The van der Waals surface area contributed by atoms with Gasteiger partial charge < -0.3 is 20.7 Å². The number of hydrogen-bond acceptors (Lipinski definition) is 7. The van der Waals surface area contributed by atoms with E-state index in [-0.39, 0.29) is 18.1 Å². The molecule has 4 N–H and O–H groups in total. The van der Waals surface area contributed by atoms with Gasteiger partial charge in [-0.3, -0.25) is 0 Å². The summed E-state index contributed by atoms with van der Waals surface area (Å²) in [6, 6.07) is 0. The first kappa shape index (κ1) is 13.2. The minimum atomic E-state index is -2.20. The number of halogens is 1. The Morgan fingerprint density at radius 3 is 3.00 bits per heavy atom. The van der Waals surface area contributed by atoms with Gasteiger partial charge in [-0.05, 0) is 6.92 Å². The number of aromatic nitrogens is 4. The highest BCUT2D eigenvalue weighted by atomic mass is 19.1. The maximum absolute atomic E-state index is 14.9. The van der Waals surface area contributed by atoms with E-state index in [4.69, 9.17) is 10.5 Å². The number of ether oxygens (including phenoxy) is 1. The molecule has 0 saturated carbocycles. The summed E-state index contributed by atoms with van der Waals surface area (Å²) in [5.41, 5.74) is 2.06. The molecule has 1 aliphatic heterocycles. The molecule has 0 spiro atoms. The van der Waals surface area contributed by atoms with Crippen LogP contribution in [0.5, 0.6) is 0 Å². The van der Waals surface area contributed by atoms with Crippen LogP contribution in [0.4, 0.5) is 10.2 Å². The second-order valence-electron chi connectivity index (χ2n) is 5.02. The number of imidazole rings is 1. The molecule has 3 rings (SSSR count). The standard InChI is InChI=1S/C11H14FN5O3/c1-10(12)7(20-4-11(10,19)3-18)6-2-14-9-8(13)15-5-16-17(6)9/h2,5,7,18-19H,3-4H2,1H3,(H2,13,15,16)/t7-,10-,11+/m0/s1. The molecule has 2 aromatic heterocycles. The topological polar surface area (TPSA) is 119 Å². The van der Waals surface area contributed by atoms with Gasteiger partial charge >= 0.3 is 0 Å². The Morgan fingerprint density at radius 2 is 2.35 bits per heavy atom. The number of nitrogens with two attached hydrogens (primary N) is 1. The van der Waals surface area contributed by atoms with Crippen molar-refractivity contribution in [1.29, 1.82) is 0 Å². The predicted octanol–water partition coefficient (Wildman–Crippen LogP) is -0.771. The van der Waals surface area contributed by atoms with Crippen molar-refractivity contribution in [3.63, 3.8) is 0 Å². The lowest BCUT2D eigenvalue weighted by molar-refractivity contribution is -0.1000. The molecule has 2 aromatic rings. The summed E-state index contributed by atoms with van der Waals surface area (Å²) >= 11 is 0. The third-order valence-corrected chi connectivity index (χ3v) is 3.78. The van der Waals surface area contributed by atoms with Crippen LogP contribution in [0.15, 0.2) is 12.5 Å². The lowest BCUT2D eigenvalue weighted by atomic mass is 9.84. The normalized spacial score (nSPS) is 33.9. The van der Waals surface area contributed by atoms with Crippen molar-refractivity contribution in [3.8, 4) is 0 Å². The van der Waals surface area contributed by atoms with Gasteiger partial charge in [0, 0.05) is 0 Å². The maximum atomic E-state index is 14.9. The number of fused-ring (bicyclic) bond motifs is 1. The Kier molecular flexibility index (Phi) is 2.68. The van der Waals surface area contributed by atoms with E-state index < -0.39 is 24.0 Å². The van der Waals surface area contributed by atoms with Crippen LogP contribution < -0.4 is 5.73 Å². The Labute approximate surface area is 113 Å². The van der Waals surface area contributed by atoms with Crippen LogP contribution in [0.1, 0.15) is 18.7 Å². The van der Waals surface area contributed by atoms with Crippen molar-refractivity contribution in [3.05, 3.63) is 18.2 Å².